The molecular formula is C22H24FN5O5. The van der Waals surface area contributed by atoms with Gasteiger partial charge in [-0.25, -0.2) is 13.9 Å². The van der Waals surface area contributed by atoms with Crippen LogP contribution in [0, 0.1) is 12.7 Å². The number of hydrogen-bond donors (Lipinski definition) is 0. The van der Waals surface area contributed by atoms with Crippen molar-refractivity contribution in [1.82, 2.24) is 19.9 Å². The van der Waals surface area contributed by atoms with E-state index in [1.807, 2.05) is 6.92 Å². The van der Waals surface area contributed by atoms with Crippen LogP contribution in [0.3, 0.4) is 0 Å². The Morgan fingerprint density at radius 3 is 2.79 bits per heavy atom. The number of cyclic esters (lactones) is 1. The van der Waals surface area contributed by atoms with Crippen LogP contribution in [0.15, 0.2) is 30.5 Å². The molecule has 0 aliphatic carbocycles. The third-order valence-electron chi connectivity index (χ3n) is 5.49. The molecule has 1 saturated heterocycles. The highest BCUT2D eigenvalue weighted by atomic mass is 19.1. The summed E-state index contributed by atoms with van der Waals surface area (Å²) in [6.45, 7) is 4.11. The maximum Gasteiger partial charge on any atom is 0.414 e. The number of nitrogens with zero attached hydrogens (tertiary/aromatic N) is 5. The van der Waals surface area contributed by atoms with Crippen molar-refractivity contribution in [3.8, 4) is 0 Å². The fourth-order valence-electron chi connectivity index (χ4n) is 3.85. The van der Waals surface area contributed by atoms with Gasteiger partial charge in [0, 0.05) is 31.8 Å². The van der Waals surface area contributed by atoms with Crippen LogP contribution in [0.5, 0.6) is 0 Å². The minimum absolute atomic E-state index is 0.276. The lowest BCUT2D eigenvalue weighted by Crippen LogP contribution is -2.37. The largest absolute Gasteiger partial charge is 0.456 e. The van der Waals surface area contributed by atoms with Crippen molar-refractivity contribution < 1.29 is 28.2 Å². The van der Waals surface area contributed by atoms with Gasteiger partial charge in [-0.2, -0.15) is 0 Å². The van der Waals surface area contributed by atoms with E-state index in [4.69, 9.17) is 9.47 Å². The Morgan fingerprint density at radius 1 is 1.33 bits per heavy atom. The second-order valence-electron chi connectivity index (χ2n) is 7.96. The van der Waals surface area contributed by atoms with Gasteiger partial charge >= 0.3 is 12.1 Å². The quantitative estimate of drug-likeness (QED) is 0.610. The van der Waals surface area contributed by atoms with Crippen molar-refractivity contribution in [3.63, 3.8) is 0 Å². The molecule has 1 fully saturated rings. The van der Waals surface area contributed by atoms with Gasteiger partial charge in [-0.1, -0.05) is 11.3 Å². The van der Waals surface area contributed by atoms with Gasteiger partial charge in [-0.3, -0.25) is 14.5 Å². The van der Waals surface area contributed by atoms with Crippen LogP contribution in [-0.4, -0.2) is 70.2 Å². The fraction of sp³-hybridized carbons (Fsp3) is 0.409. The summed E-state index contributed by atoms with van der Waals surface area (Å²) in [6, 6.07) is 4.63. The molecule has 1 atom stereocenters. The third-order valence-corrected chi connectivity index (χ3v) is 5.49. The summed E-state index contributed by atoms with van der Waals surface area (Å²) in [5.41, 5.74) is 2.38. The fourth-order valence-corrected chi connectivity index (χ4v) is 3.85. The molecule has 174 valence electrons. The number of carbonyl (C=O) groups is 3. The van der Waals surface area contributed by atoms with Crippen LogP contribution in [0.1, 0.15) is 24.6 Å². The van der Waals surface area contributed by atoms with Gasteiger partial charge in [0.2, 0.25) is 0 Å². The zero-order chi connectivity index (χ0) is 23.5. The Hall–Kier alpha value is -3.76. The first-order chi connectivity index (χ1) is 15.8. The molecule has 0 unspecified atom stereocenters. The predicted molar refractivity (Wildman–Crippen MR) is 115 cm³/mol. The Bertz CT molecular complexity index is 1110. The lowest BCUT2D eigenvalue weighted by atomic mass is 9.98. The first kappa shape index (κ1) is 22.4. The van der Waals surface area contributed by atoms with E-state index in [0.717, 1.165) is 11.3 Å². The molecule has 1 aromatic heterocycles. The predicted octanol–water partition coefficient (Wildman–Crippen LogP) is 1.93. The molecule has 3 heterocycles. The summed E-state index contributed by atoms with van der Waals surface area (Å²) in [7, 11) is 0. The van der Waals surface area contributed by atoms with Crippen molar-refractivity contribution in [1.29, 1.82) is 0 Å². The van der Waals surface area contributed by atoms with Crippen LogP contribution in [0.2, 0.25) is 0 Å². The van der Waals surface area contributed by atoms with Crippen LogP contribution < -0.4 is 4.90 Å². The van der Waals surface area contributed by atoms with E-state index in [1.165, 1.54) is 17.9 Å². The summed E-state index contributed by atoms with van der Waals surface area (Å²) in [6.07, 6.45) is 3.05. The number of amides is 2. The second kappa shape index (κ2) is 9.39. The van der Waals surface area contributed by atoms with Gasteiger partial charge in [-0.05, 0) is 37.1 Å². The standard InChI is InChI=1S/C22H24FN5O5/c1-14-10-27(25-24-14)11-18-12-28(22(31)33-18)17-3-4-19(20(23)9-17)16-5-7-26(8-6-16)21(30)13-32-15(2)29/h3-5,9-10,18H,6-8,11-13H2,1-2H3/t18-/m0/s1. The van der Waals surface area contributed by atoms with Gasteiger partial charge in [0.05, 0.1) is 24.5 Å². The monoisotopic (exact) mass is 457 g/mol. The molecule has 10 nitrogen and oxygen atoms in total. The van der Waals surface area contributed by atoms with Gasteiger partial charge in [0.1, 0.15) is 11.9 Å². The molecule has 2 aromatic rings. The normalized spacial score (nSPS) is 18.2. The Kier molecular flexibility index (Phi) is 6.38. The van der Waals surface area contributed by atoms with E-state index < -0.39 is 24.0 Å². The molecular weight excluding hydrogens is 433 g/mol. The summed E-state index contributed by atoms with van der Waals surface area (Å²) in [4.78, 5) is 38.2. The highest BCUT2D eigenvalue weighted by Crippen LogP contribution is 2.30. The Labute approximate surface area is 189 Å². The van der Waals surface area contributed by atoms with Crippen molar-refractivity contribution in [2.75, 3.05) is 31.1 Å². The maximum atomic E-state index is 14.9. The van der Waals surface area contributed by atoms with E-state index in [-0.39, 0.29) is 19.1 Å². The Morgan fingerprint density at radius 2 is 2.15 bits per heavy atom. The molecule has 0 saturated carbocycles. The summed E-state index contributed by atoms with van der Waals surface area (Å²) in [5, 5.41) is 7.87. The molecule has 0 radical (unpaired) electrons. The van der Waals surface area contributed by atoms with Gasteiger partial charge in [0.15, 0.2) is 6.61 Å². The van der Waals surface area contributed by atoms with E-state index in [9.17, 15) is 18.8 Å². The molecule has 1 aromatic carbocycles. The first-order valence-electron chi connectivity index (χ1n) is 10.5. The van der Waals surface area contributed by atoms with Gasteiger partial charge in [-0.15, -0.1) is 5.10 Å². The topological polar surface area (TPSA) is 107 Å². The number of aryl methyl sites for hydroxylation is 1. The third kappa shape index (κ3) is 5.18. The smallest absolute Gasteiger partial charge is 0.414 e. The lowest BCUT2D eigenvalue weighted by Gasteiger charge is -2.26. The number of halogens is 1. The van der Waals surface area contributed by atoms with Crippen LogP contribution >= 0.6 is 0 Å². The number of carbonyl (C=O) groups excluding carboxylic acids is 3. The molecule has 2 aliphatic heterocycles. The number of benzene rings is 1. The minimum Gasteiger partial charge on any atom is -0.456 e. The molecule has 2 amide bonds. The van der Waals surface area contributed by atoms with Crippen molar-refractivity contribution in [2.45, 2.75) is 32.9 Å². The number of ether oxygens (including phenoxy) is 2. The van der Waals surface area contributed by atoms with E-state index in [1.54, 1.807) is 34.0 Å². The average Bonchev–Trinajstić information content (AvgIpc) is 3.36. The second-order valence-corrected chi connectivity index (χ2v) is 7.96. The Balaban J connectivity index is 1.39. The molecule has 0 N–H and O–H groups in total. The molecule has 0 bridgehead atoms. The summed E-state index contributed by atoms with van der Waals surface area (Å²) >= 11 is 0. The summed E-state index contributed by atoms with van der Waals surface area (Å²) < 4.78 is 26.7. The SMILES string of the molecule is CC(=O)OCC(=O)N1CC=C(c2ccc(N3C[C@H](Cn4cc(C)nn4)OC3=O)cc2F)CC1. The van der Waals surface area contributed by atoms with Crippen molar-refractivity contribution in [2.24, 2.45) is 0 Å². The first-order valence-corrected chi connectivity index (χ1v) is 10.5. The number of aromatic nitrogens is 3. The zero-order valence-electron chi connectivity index (χ0n) is 18.4. The highest BCUT2D eigenvalue weighted by Gasteiger charge is 2.33. The van der Waals surface area contributed by atoms with Gasteiger partial charge in [0.25, 0.3) is 5.91 Å². The summed E-state index contributed by atoms with van der Waals surface area (Å²) in [5.74, 6) is -1.26. The maximum absolute atomic E-state index is 14.9. The van der Waals surface area contributed by atoms with Crippen LogP contribution in [-0.2, 0) is 25.6 Å². The van der Waals surface area contributed by atoms with E-state index >= 15 is 0 Å². The molecule has 11 heteroatoms. The van der Waals surface area contributed by atoms with Gasteiger partial charge < -0.3 is 14.4 Å². The van der Waals surface area contributed by atoms with Crippen molar-refractivity contribution in [3.05, 3.63) is 47.5 Å². The number of anilines is 1. The van der Waals surface area contributed by atoms with Crippen LogP contribution in [0.4, 0.5) is 14.9 Å². The molecule has 0 spiro atoms. The average molecular weight is 457 g/mol. The van der Waals surface area contributed by atoms with E-state index in [2.05, 4.69) is 10.3 Å². The molecule has 4 rings (SSSR count). The minimum atomic E-state index is -0.539. The van der Waals surface area contributed by atoms with Crippen LogP contribution in [0.25, 0.3) is 5.57 Å². The highest BCUT2D eigenvalue weighted by molar-refractivity contribution is 5.90. The molecule has 33 heavy (non-hydrogen) atoms. The van der Waals surface area contributed by atoms with Crippen molar-refractivity contribution >= 4 is 29.2 Å². The number of hydrogen-bond acceptors (Lipinski definition) is 7. The molecule has 2 aliphatic rings. The van der Waals surface area contributed by atoms with E-state index in [0.29, 0.717) is 37.3 Å². The number of rotatable bonds is 6. The lowest BCUT2D eigenvalue weighted by molar-refractivity contribution is -0.150. The zero-order valence-corrected chi connectivity index (χ0v) is 18.4. The number of esters is 1.